The van der Waals surface area contributed by atoms with Crippen LogP contribution < -0.4 is 0 Å². The summed E-state index contributed by atoms with van der Waals surface area (Å²) in [5.41, 5.74) is 18.9. The second kappa shape index (κ2) is 13.5. The highest BCUT2D eigenvalue weighted by atomic mass is 79.9. The van der Waals surface area contributed by atoms with Gasteiger partial charge >= 0.3 is 0 Å². The molecular weight excluding hydrogens is 716 g/mol. The summed E-state index contributed by atoms with van der Waals surface area (Å²) in [4.78, 5) is 9.74. The number of benzene rings is 5. The molecule has 4 heteroatoms. The first-order valence-electron chi connectivity index (χ1n) is 16.0. The molecule has 5 aromatic carbocycles. The Kier molecular flexibility index (Phi) is 8.96. The monoisotopic (exact) mass is 748 g/mol. The fraction of sp³-hybridized carbons (Fsp3) is 0.0909. The highest BCUT2D eigenvalue weighted by Gasteiger charge is 2.21. The smallest absolute Gasteiger partial charge is 0.0702 e. The summed E-state index contributed by atoms with van der Waals surface area (Å²) >= 11 is 7.17. The van der Waals surface area contributed by atoms with Crippen LogP contribution in [0.25, 0.3) is 67.0 Å². The van der Waals surface area contributed by atoms with E-state index in [0.717, 1.165) is 42.6 Å². The minimum absolute atomic E-state index is 0.956. The number of hydrogen-bond acceptors (Lipinski definition) is 2. The minimum Gasteiger partial charge on any atom is -0.256 e. The van der Waals surface area contributed by atoms with Gasteiger partial charge in [-0.1, -0.05) is 117 Å². The van der Waals surface area contributed by atoms with Gasteiger partial charge in [0.05, 0.1) is 11.4 Å². The summed E-state index contributed by atoms with van der Waals surface area (Å²) in [6.45, 7) is 9.07. The summed E-state index contributed by atoms with van der Waals surface area (Å²) in [6, 6.07) is 42.6. The Morgan fingerprint density at radius 1 is 0.375 bits per heavy atom. The van der Waals surface area contributed by atoms with Crippen LogP contribution in [0.3, 0.4) is 0 Å². The van der Waals surface area contributed by atoms with E-state index in [2.05, 4.69) is 157 Å². The maximum absolute atomic E-state index is 4.87. The van der Waals surface area contributed by atoms with Crippen molar-refractivity contribution in [2.75, 3.05) is 0 Å². The number of hydrogen-bond donors (Lipinski definition) is 0. The largest absolute Gasteiger partial charge is 0.256 e. The lowest BCUT2D eigenvalue weighted by Gasteiger charge is -2.24. The van der Waals surface area contributed by atoms with Crippen LogP contribution in [0.15, 0.2) is 143 Å². The summed E-state index contributed by atoms with van der Waals surface area (Å²) in [6.07, 6.45) is 4.00. The number of rotatable bonds is 6. The van der Waals surface area contributed by atoms with E-state index in [4.69, 9.17) is 9.97 Å². The fourth-order valence-corrected chi connectivity index (χ4v) is 7.57. The third-order valence-corrected chi connectivity index (χ3v) is 10.4. The number of pyridine rings is 2. The minimum atomic E-state index is 0.956. The Morgan fingerprint density at radius 2 is 0.750 bits per heavy atom. The van der Waals surface area contributed by atoms with Crippen molar-refractivity contribution in [3.05, 3.63) is 165 Å². The molecule has 234 valence electrons. The van der Waals surface area contributed by atoms with E-state index < -0.39 is 0 Å². The summed E-state index contributed by atoms with van der Waals surface area (Å²) in [5, 5.41) is 0. The number of halogens is 2. The van der Waals surface area contributed by atoms with Crippen molar-refractivity contribution in [1.29, 1.82) is 0 Å². The Morgan fingerprint density at radius 3 is 1.08 bits per heavy atom. The second-order valence-electron chi connectivity index (χ2n) is 12.2. The van der Waals surface area contributed by atoms with E-state index in [1.54, 1.807) is 0 Å². The molecule has 0 aliphatic rings. The molecule has 0 N–H and O–H groups in total. The van der Waals surface area contributed by atoms with Gasteiger partial charge in [-0.05, 0) is 120 Å². The molecule has 0 atom stereocenters. The van der Waals surface area contributed by atoms with Gasteiger partial charge in [0.15, 0.2) is 0 Å². The summed E-state index contributed by atoms with van der Waals surface area (Å²) in [7, 11) is 0. The van der Waals surface area contributed by atoms with Crippen LogP contribution >= 0.6 is 31.9 Å². The molecule has 0 spiro atoms. The van der Waals surface area contributed by atoms with Crippen molar-refractivity contribution in [3.8, 4) is 67.0 Å². The zero-order valence-electron chi connectivity index (χ0n) is 27.4. The quantitative estimate of drug-likeness (QED) is 0.169. The van der Waals surface area contributed by atoms with Gasteiger partial charge < -0.3 is 0 Å². The fourth-order valence-electron chi connectivity index (χ4n) is 6.77. The highest BCUT2D eigenvalue weighted by Crippen LogP contribution is 2.44. The van der Waals surface area contributed by atoms with Gasteiger partial charge in [-0.2, -0.15) is 0 Å². The molecule has 48 heavy (non-hydrogen) atoms. The lowest BCUT2D eigenvalue weighted by Crippen LogP contribution is -2.02. The van der Waals surface area contributed by atoms with Crippen LogP contribution in [0.2, 0.25) is 0 Å². The van der Waals surface area contributed by atoms with Gasteiger partial charge in [0.2, 0.25) is 0 Å². The maximum atomic E-state index is 4.87. The molecule has 0 aliphatic heterocycles. The van der Waals surface area contributed by atoms with Crippen LogP contribution in [0, 0.1) is 27.7 Å². The lowest BCUT2D eigenvalue weighted by molar-refractivity contribution is 1.24. The Hall–Kier alpha value is -4.64. The molecule has 0 fully saturated rings. The van der Waals surface area contributed by atoms with E-state index >= 15 is 0 Å². The molecular formula is C44H34Br2N2. The van der Waals surface area contributed by atoms with Crippen molar-refractivity contribution in [3.63, 3.8) is 0 Å². The standard InChI is InChI=1S/C44H34Br2N2/c1-27-28(2)44(40-18-8-6-16-38(40)34-20-22-42(48-26-34)32-12-10-14-36(46)24-32)30(4)29(3)43(27)39-17-7-5-15-37(39)33-19-21-41(47-25-33)31-11-9-13-35(45)23-31/h5-26H,1-4H3. The summed E-state index contributed by atoms with van der Waals surface area (Å²) in [5.74, 6) is 0. The third-order valence-electron chi connectivity index (χ3n) is 9.41. The van der Waals surface area contributed by atoms with Gasteiger partial charge in [-0.15, -0.1) is 0 Å². The average molecular weight is 751 g/mol. The van der Waals surface area contributed by atoms with E-state index in [9.17, 15) is 0 Å². The van der Waals surface area contributed by atoms with Gasteiger partial charge in [-0.25, -0.2) is 0 Å². The normalized spacial score (nSPS) is 11.1. The van der Waals surface area contributed by atoms with Crippen LogP contribution in [-0.4, -0.2) is 9.97 Å². The number of nitrogens with zero attached hydrogens (tertiary/aromatic N) is 2. The highest BCUT2D eigenvalue weighted by molar-refractivity contribution is 9.10. The Balaban J connectivity index is 1.30. The third kappa shape index (κ3) is 6.07. The van der Waals surface area contributed by atoms with Crippen molar-refractivity contribution in [1.82, 2.24) is 9.97 Å². The molecule has 0 unspecified atom stereocenters. The predicted molar refractivity (Wildman–Crippen MR) is 209 cm³/mol. The molecule has 0 bridgehead atoms. The SMILES string of the molecule is Cc1c(C)c(-c2ccccc2-c2ccc(-c3cccc(Br)c3)nc2)c(C)c(C)c1-c1ccccc1-c1ccc(-c2cccc(Br)c2)nc1. The molecule has 7 aromatic rings. The van der Waals surface area contributed by atoms with Crippen LogP contribution in [0.4, 0.5) is 0 Å². The Bertz CT molecular complexity index is 2090. The van der Waals surface area contributed by atoms with Crippen LogP contribution in [-0.2, 0) is 0 Å². The second-order valence-corrected chi connectivity index (χ2v) is 14.1. The van der Waals surface area contributed by atoms with E-state index in [1.807, 2.05) is 36.7 Å². The zero-order chi connectivity index (χ0) is 33.4. The van der Waals surface area contributed by atoms with Crippen molar-refractivity contribution in [2.24, 2.45) is 0 Å². The topological polar surface area (TPSA) is 25.8 Å². The lowest BCUT2D eigenvalue weighted by atomic mass is 9.80. The van der Waals surface area contributed by atoms with Crippen molar-refractivity contribution < 1.29 is 0 Å². The zero-order valence-corrected chi connectivity index (χ0v) is 30.5. The molecule has 0 amide bonds. The van der Waals surface area contributed by atoms with Gasteiger partial charge in [0, 0.05) is 43.6 Å². The first-order valence-corrected chi connectivity index (χ1v) is 17.6. The molecule has 2 nitrogen and oxygen atoms in total. The molecule has 2 aromatic heterocycles. The first kappa shape index (κ1) is 31.9. The van der Waals surface area contributed by atoms with Gasteiger partial charge in [-0.3, -0.25) is 9.97 Å². The Labute approximate surface area is 299 Å². The molecule has 0 saturated carbocycles. The van der Waals surface area contributed by atoms with Crippen LogP contribution in [0.1, 0.15) is 22.3 Å². The molecule has 0 radical (unpaired) electrons. The predicted octanol–water partition coefficient (Wildman–Crippen LogP) is 13.2. The van der Waals surface area contributed by atoms with Gasteiger partial charge in [0.1, 0.15) is 0 Å². The molecule has 0 aliphatic carbocycles. The van der Waals surface area contributed by atoms with Gasteiger partial charge in [0.25, 0.3) is 0 Å². The van der Waals surface area contributed by atoms with E-state index in [0.29, 0.717) is 0 Å². The molecule has 0 saturated heterocycles. The van der Waals surface area contributed by atoms with Crippen molar-refractivity contribution >= 4 is 31.9 Å². The summed E-state index contributed by atoms with van der Waals surface area (Å²) < 4.78 is 2.09. The van der Waals surface area contributed by atoms with E-state index in [1.165, 1.54) is 55.6 Å². The average Bonchev–Trinajstić information content (AvgIpc) is 3.12. The molecule has 7 rings (SSSR count). The van der Waals surface area contributed by atoms with Crippen LogP contribution in [0.5, 0.6) is 0 Å². The van der Waals surface area contributed by atoms with E-state index in [-0.39, 0.29) is 0 Å². The molecule has 2 heterocycles. The maximum Gasteiger partial charge on any atom is 0.0702 e. The number of aromatic nitrogens is 2. The first-order chi connectivity index (χ1) is 23.3. The van der Waals surface area contributed by atoms with Crippen molar-refractivity contribution in [2.45, 2.75) is 27.7 Å².